The van der Waals surface area contributed by atoms with Crippen LogP contribution in [0, 0.1) is 0 Å². The first-order chi connectivity index (χ1) is 17.8. The van der Waals surface area contributed by atoms with Crippen LogP contribution in [0.15, 0.2) is 54.6 Å². The number of ether oxygens (including phenoxy) is 1. The molecule has 0 unspecified atom stereocenters. The standard InChI is InChI=1S/C30H40N4O3/c1-32(2)30(23-10-5-4-6-11-23)18-16-28(17-19-30)22-33(25-13-8-7-12-24(25)26(31)35)27(36)34(28)21-20-29(37-3)14-9-15-29/h4-8,10-13H,9,14-22H2,1-3H3,(H2,31,35)/t28-,30+. The van der Waals surface area contributed by atoms with Gasteiger partial charge in [-0.1, -0.05) is 42.5 Å². The van der Waals surface area contributed by atoms with Crippen molar-refractivity contribution in [3.05, 3.63) is 65.7 Å². The Kier molecular flexibility index (Phi) is 6.79. The number of rotatable bonds is 8. The van der Waals surface area contributed by atoms with Crippen molar-refractivity contribution in [2.75, 3.05) is 39.2 Å². The van der Waals surface area contributed by atoms with Crippen LogP contribution in [-0.4, -0.2) is 67.2 Å². The highest BCUT2D eigenvalue weighted by Gasteiger charge is 2.55. The summed E-state index contributed by atoms with van der Waals surface area (Å²) in [5, 5.41) is 0. The Balaban J connectivity index is 1.47. The molecule has 198 valence electrons. The van der Waals surface area contributed by atoms with Gasteiger partial charge in [-0.15, -0.1) is 0 Å². The number of amides is 3. The number of nitrogens with zero attached hydrogens (tertiary/aromatic N) is 3. The monoisotopic (exact) mass is 504 g/mol. The summed E-state index contributed by atoms with van der Waals surface area (Å²) in [5.74, 6) is -0.511. The van der Waals surface area contributed by atoms with Gasteiger partial charge in [-0.25, -0.2) is 4.79 Å². The normalized spacial score (nSPS) is 27.1. The molecule has 2 aliphatic carbocycles. The number of benzene rings is 2. The third kappa shape index (κ3) is 4.32. The van der Waals surface area contributed by atoms with E-state index < -0.39 is 5.91 Å². The van der Waals surface area contributed by atoms with Crippen molar-refractivity contribution in [2.45, 2.75) is 68.0 Å². The molecule has 1 saturated heterocycles. The van der Waals surface area contributed by atoms with Crippen LogP contribution < -0.4 is 10.6 Å². The van der Waals surface area contributed by atoms with E-state index in [0.29, 0.717) is 24.3 Å². The van der Waals surface area contributed by atoms with Crippen LogP contribution in [0.25, 0.3) is 0 Å². The number of primary amides is 1. The Morgan fingerprint density at radius 3 is 2.19 bits per heavy atom. The van der Waals surface area contributed by atoms with Gasteiger partial charge < -0.3 is 15.4 Å². The maximum Gasteiger partial charge on any atom is 0.325 e. The van der Waals surface area contributed by atoms with E-state index in [2.05, 4.69) is 54.2 Å². The zero-order valence-electron chi connectivity index (χ0n) is 22.4. The average Bonchev–Trinajstić information content (AvgIpc) is 3.15. The predicted octanol–water partition coefficient (Wildman–Crippen LogP) is 4.76. The zero-order chi connectivity index (χ0) is 26.3. The molecule has 3 aliphatic rings. The summed E-state index contributed by atoms with van der Waals surface area (Å²) in [4.78, 5) is 32.6. The van der Waals surface area contributed by atoms with E-state index in [1.54, 1.807) is 24.1 Å². The van der Waals surface area contributed by atoms with Crippen molar-refractivity contribution in [1.82, 2.24) is 9.80 Å². The summed E-state index contributed by atoms with van der Waals surface area (Å²) < 4.78 is 5.91. The quantitative estimate of drug-likeness (QED) is 0.562. The first-order valence-corrected chi connectivity index (χ1v) is 13.5. The molecule has 3 amide bonds. The molecule has 2 aromatic carbocycles. The second kappa shape index (κ2) is 9.76. The molecule has 0 bridgehead atoms. The summed E-state index contributed by atoms with van der Waals surface area (Å²) in [7, 11) is 6.12. The predicted molar refractivity (Wildman–Crippen MR) is 146 cm³/mol. The molecule has 0 radical (unpaired) electrons. The van der Waals surface area contributed by atoms with E-state index >= 15 is 0 Å². The van der Waals surface area contributed by atoms with E-state index in [-0.39, 0.29) is 22.7 Å². The van der Waals surface area contributed by atoms with Crippen LogP contribution in [0.4, 0.5) is 10.5 Å². The van der Waals surface area contributed by atoms with E-state index in [1.807, 2.05) is 12.1 Å². The number of nitrogens with two attached hydrogens (primary N) is 1. The molecule has 1 heterocycles. The highest BCUT2D eigenvalue weighted by atomic mass is 16.5. The molecule has 7 heteroatoms. The van der Waals surface area contributed by atoms with Gasteiger partial charge in [0.05, 0.1) is 28.9 Å². The number of anilines is 1. The summed E-state index contributed by atoms with van der Waals surface area (Å²) in [6, 6.07) is 17.9. The van der Waals surface area contributed by atoms with Crippen molar-refractivity contribution in [1.29, 1.82) is 0 Å². The van der Waals surface area contributed by atoms with Gasteiger partial charge in [-0.05, 0) is 83.2 Å². The lowest BCUT2D eigenvalue weighted by molar-refractivity contribution is -0.0844. The second-order valence-corrected chi connectivity index (χ2v) is 11.4. The van der Waals surface area contributed by atoms with E-state index in [9.17, 15) is 9.59 Å². The van der Waals surface area contributed by atoms with E-state index in [4.69, 9.17) is 10.5 Å². The smallest absolute Gasteiger partial charge is 0.325 e. The van der Waals surface area contributed by atoms with E-state index in [1.165, 1.54) is 12.0 Å². The maximum atomic E-state index is 14.1. The van der Waals surface area contributed by atoms with Crippen LogP contribution in [0.2, 0.25) is 0 Å². The van der Waals surface area contributed by atoms with Crippen molar-refractivity contribution in [2.24, 2.45) is 5.73 Å². The summed E-state index contributed by atoms with van der Waals surface area (Å²) in [6.45, 7) is 1.22. The zero-order valence-corrected chi connectivity index (χ0v) is 22.4. The number of hydrogen-bond donors (Lipinski definition) is 1. The van der Waals surface area contributed by atoms with Crippen LogP contribution in [0.3, 0.4) is 0 Å². The van der Waals surface area contributed by atoms with Gasteiger partial charge in [0.2, 0.25) is 0 Å². The molecular weight excluding hydrogens is 464 g/mol. The summed E-state index contributed by atoms with van der Waals surface area (Å²) in [6.07, 6.45) is 7.79. The Hall–Kier alpha value is -2.90. The summed E-state index contributed by atoms with van der Waals surface area (Å²) >= 11 is 0. The van der Waals surface area contributed by atoms with Crippen molar-refractivity contribution in [3.63, 3.8) is 0 Å². The van der Waals surface area contributed by atoms with Gasteiger partial charge >= 0.3 is 6.03 Å². The third-order valence-electron chi connectivity index (χ3n) is 9.61. The van der Waals surface area contributed by atoms with E-state index in [0.717, 1.165) is 44.9 Å². The fourth-order valence-corrected chi connectivity index (χ4v) is 6.98. The van der Waals surface area contributed by atoms with Crippen molar-refractivity contribution >= 4 is 17.6 Å². The summed E-state index contributed by atoms with van der Waals surface area (Å²) in [5.41, 5.74) is 7.56. The molecule has 0 aromatic heterocycles. The molecule has 0 atom stereocenters. The van der Waals surface area contributed by atoms with Crippen LogP contribution in [-0.2, 0) is 10.3 Å². The topological polar surface area (TPSA) is 79.1 Å². The van der Waals surface area contributed by atoms with Crippen LogP contribution in [0.5, 0.6) is 0 Å². The van der Waals surface area contributed by atoms with Gasteiger partial charge in [0, 0.05) is 19.2 Å². The molecule has 2 N–H and O–H groups in total. The van der Waals surface area contributed by atoms with Crippen LogP contribution >= 0.6 is 0 Å². The molecule has 1 spiro atoms. The SMILES string of the molecule is COC1(CCN2C(=O)N(c3ccccc3C(N)=O)C[C@]23CC[C@](c2ccccc2)(N(C)C)CC3)CCC1. The molecule has 37 heavy (non-hydrogen) atoms. The van der Waals surface area contributed by atoms with Crippen molar-refractivity contribution in [3.8, 4) is 0 Å². The fourth-order valence-electron chi connectivity index (χ4n) is 6.98. The Labute approximate surface area is 220 Å². The number of hydrogen-bond acceptors (Lipinski definition) is 4. The maximum absolute atomic E-state index is 14.1. The number of methoxy groups -OCH3 is 1. The molecule has 2 saturated carbocycles. The lowest BCUT2D eigenvalue weighted by Gasteiger charge is -2.51. The number of urea groups is 1. The minimum Gasteiger partial charge on any atom is -0.378 e. The fraction of sp³-hybridized carbons (Fsp3) is 0.533. The Morgan fingerprint density at radius 2 is 1.62 bits per heavy atom. The average molecular weight is 505 g/mol. The van der Waals surface area contributed by atoms with Gasteiger partial charge in [0.15, 0.2) is 0 Å². The Morgan fingerprint density at radius 1 is 0.973 bits per heavy atom. The Bertz CT molecular complexity index is 1130. The molecule has 5 rings (SSSR count). The lowest BCUT2D eigenvalue weighted by atomic mass is 9.68. The molecule has 7 nitrogen and oxygen atoms in total. The highest BCUT2D eigenvalue weighted by Crippen LogP contribution is 2.50. The molecule has 1 aliphatic heterocycles. The van der Waals surface area contributed by atoms with Crippen molar-refractivity contribution < 1.29 is 14.3 Å². The number of carbonyl (C=O) groups is 2. The molecular formula is C30H40N4O3. The minimum atomic E-state index is -0.511. The van der Waals surface area contributed by atoms with Crippen LogP contribution in [0.1, 0.15) is 67.3 Å². The first-order valence-electron chi connectivity index (χ1n) is 13.5. The second-order valence-electron chi connectivity index (χ2n) is 11.4. The number of para-hydroxylation sites is 1. The molecule has 3 fully saturated rings. The van der Waals surface area contributed by atoms with Gasteiger partial charge in [-0.3, -0.25) is 14.6 Å². The lowest BCUT2D eigenvalue weighted by Crippen LogP contribution is -2.56. The highest BCUT2D eigenvalue weighted by molar-refractivity contribution is 6.05. The number of carbonyl (C=O) groups excluding carboxylic acids is 2. The van der Waals surface area contributed by atoms with Gasteiger partial charge in [0.25, 0.3) is 5.91 Å². The first kappa shape index (κ1) is 25.7. The minimum absolute atomic E-state index is 0.0312. The van der Waals surface area contributed by atoms with Gasteiger partial charge in [-0.2, -0.15) is 0 Å². The van der Waals surface area contributed by atoms with Gasteiger partial charge in [0.1, 0.15) is 0 Å². The molecule has 2 aromatic rings. The third-order valence-corrected chi connectivity index (χ3v) is 9.61. The largest absolute Gasteiger partial charge is 0.378 e.